The molecule has 0 amide bonds. The molecule has 0 aromatic carbocycles. The molecule has 1 radical (unpaired) electrons. The Balaban J connectivity index is 3.23. The van der Waals surface area contributed by atoms with Gasteiger partial charge in [0.15, 0.2) is 0 Å². The summed E-state index contributed by atoms with van der Waals surface area (Å²) in [5, 5.41) is 9.94. The standard InChI is InChI=1S/C7H13O5S/c8-7(9)5-3-1-2-4-6-13(10,11)12/h1-6H2,(H,10,11,12). The van der Waals surface area contributed by atoms with E-state index in [0.29, 0.717) is 25.7 Å². The molecule has 0 saturated carbocycles. The van der Waals surface area contributed by atoms with Gasteiger partial charge in [-0.05, 0) is 12.8 Å². The highest BCUT2D eigenvalue weighted by atomic mass is 32.2. The van der Waals surface area contributed by atoms with E-state index < -0.39 is 16.1 Å². The van der Waals surface area contributed by atoms with E-state index in [4.69, 9.17) is 4.55 Å². The second-order valence-electron chi connectivity index (χ2n) is 2.82. The summed E-state index contributed by atoms with van der Waals surface area (Å²) in [6, 6.07) is 0. The van der Waals surface area contributed by atoms with E-state index in [1.807, 2.05) is 0 Å². The van der Waals surface area contributed by atoms with Gasteiger partial charge in [0.1, 0.15) is 0 Å². The number of carbonyl (C=O) groups excluding carboxylic acids is 1. The minimum Gasteiger partial charge on any atom is -0.286 e. The molecule has 0 aliphatic rings. The number of hydrogen-bond acceptors (Lipinski definition) is 3. The molecule has 0 fully saturated rings. The first-order chi connectivity index (χ1) is 5.92. The van der Waals surface area contributed by atoms with Crippen molar-refractivity contribution in [2.45, 2.75) is 32.1 Å². The number of hydrogen-bond donors (Lipinski definition) is 1. The molecule has 0 rings (SSSR count). The monoisotopic (exact) mass is 209 g/mol. The van der Waals surface area contributed by atoms with Crippen molar-refractivity contribution in [1.29, 1.82) is 0 Å². The maximum atomic E-state index is 10.2. The Morgan fingerprint density at radius 2 is 1.62 bits per heavy atom. The fraction of sp³-hybridized carbons (Fsp3) is 0.857. The third-order valence-electron chi connectivity index (χ3n) is 1.53. The Morgan fingerprint density at radius 3 is 2.08 bits per heavy atom. The molecular weight excluding hydrogens is 196 g/mol. The summed E-state index contributed by atoms with van der Waals surface area (Å²) in [5.41, 5.74) is 0. The third-order valence-corrected chi connectivity index (χ3v) is 2.34. The van der Waals surface area contributed by atoms with Gasteiger partial charge < -0.3 is 0 Å². The van der Waals surface area contributed by atoms with Gasteiger partial charge in [-0.25, -0.2) is 9.90 Å². The van der Waals surface area contributed by atoms with Crippen LogP contribution in [0.1, 0.15) is 32.1 Å². The van der Waals surface area contributed by atoms with Crippen LogP contribution in [0.3, 0.4) is 0 Å². The van der Waals surface area contributed by atoms with Gasteiger partial charge in [0.2, 0.25) is 0 Å². The first-order valence-corrected chi connectivity index (χ1v) is 5.68. The largest absolute Gasteiger partial charge is 0.355 e. The molecule has 0 saturated heterocycles. The lowest BCUT2D eigenvalue weighted by Crippen LogP contribution is -2.03. The molecule has 6 heteroatoms. The molecule has 0 aliphatic heterocycles. The van der Waals surface area contributed by atoms with E-state index in [2.05, 4.69) is 0 Å². The summed E-state index contributed by atoms with van der Waals surface area (Å²) in [6.45, 7) is 0. The Kier molecular flexibility index (Phi) is 5.65. The molecule has 1 N–H and O–H groups in total. The van der Waals surface area contributed by atoms with Gasteiger partial charge in [-0.15, -0.1) is 0 Å². The van der Waals surface area contributed by atoms with Gasteiger partial charge in [0.05, 0.1) is 12.2 Å². The lowest BCUT2D eigenvalue weighted by molar-refractivity contribution is -0.143. The Bertz CT molecular complexity index is 244. The summed E-state index contributed by atoms with van der Waals surface area (Å²) >= 11 is 0. The normalized spacial score (nSPS) is 11.5. The molecule has 0 spiro atoms. The Morgan fingerprint density at radius 1 is 1.08 bits per heavy atom. The van der Waals surface area contributed by atoms with Crippen molar-refractivity contribution < 1.29 is 22.9 Å². The minimum atomic E-state index is -3.86. The Hall–Kier alpha value is -0.620. The van der Waals surface area contributed by atoms with E-state index >= 15 is 0 Å². The van der Waals surface area contributed by atoms with Crippen LogP contribution in [0.4, 0.5) is 0 Å². The van der Waals surface area contributed by atoms with E-state index in [1.165, 1.54) is 0 Å². The zero-order valence-corrected chi connectivity index (χ0v) is 8.05. The lowest BCUT2D eigenvalue weighted by atomic mass is 10.2. The van der Waals surface area contributed by atoms with Crippen molar-refractivity contribution in [3.05, 3.63) is 0 Å². The molecule has 0 aromatic rings. The van der Waals surface area contributed by atoms with Crippen LogP contribution < -0.4 is 0 Å². The second-order valence-corrected chi connectivity index (χ2v) is 4.39. The molecule has 0 aliphatic carbocycles. The highest BCUT2D eigenvalue weighted by molar-refractivity contribution is 7.85. The van der Waals surface area contributed by atoms with Crippen molar-refractivity contribution in [2.75, 3.05) is 5.75 Å². The Labute approximate surface area is 77.5 Å². The summed E-state index contributed by atoms with van der Waals surface area (Å²) in [5.74, 6) is -1.34. The highest BCUT2D eigenvalue weighted by Crippen LogP contribution is 2.04. The molecule has 0 unspecified atom stereocenters. The van der Waals surface area contributed by atoms with E-state index in [-0.39, 0.29) is 12.2 Å². The van der Waals surface area contributed by atoms with Crippen molar-refractivity contribution in [3.8, 4) is 0 Å². The summed E-state index contributed by atoms with van der Waals surface area (Å²) < 4.78 is 28.8. The topological polar surface area (TPSA) is 91.3 Å². The predicted octanol–water partition coefficient (Wildman–Crippen LogP) is 0.782. The first-order valence-electron chi connectivity index (χ1n) is 4.07. The molecule has 0 atom stereocenters. The van der Waals surface area contributed by atoms with Crippen molar-refractivity contribution in [3.63, 3.8) is 0 Å². The molecule has 77 valence electrons. The molecular formula is C7H13O5S. The van der Waals surface area contributed by atoms with Crippen molar-refractivity contribution in [1.82, 2.24) is 0 Å². The summed E-state index contributed by atoms with van der Waals surface area (Å²) in [4.78, 5) is 9.94. The average molecular weight is 209 g/mol. The van der Waals surface area contributed by atoms with Crippen molar-refractivity contribution >= 4 is 16.1 Å². The molecule has 13 heavy (non-hydrogen) atoms. The number of carbonyl (C=O) groups is 1. The molecule has 0 bridgehead atoms. The second kappa shape index (κ2) is 5.93. The van der Waals surface area contributed by atoms with Crippen LogP contribution in [0.15, 0.2) is 0 Å². The molecule has 5 nitrogen and oxygen atoms in total. The molecule has 0 heterocycles. The number of rotatable bonds is 7. The smallest absolute Gasteiger partial charge is 0.286 e. The average Bonchev–Trinajstić information content (AvgIpc) is 1.93. The van der Waals surface area contributed by atoms with E-state index in [0.717, 1.165) is 0 Å². The molecule has 0 aromatic heterocycles. The van der Waals surface area contributed by atoms with Gasteiger partial charge in [0, 0.05) is 0 Å². The predicted molar refractivity (Wildman–Crippen MR) is 45.2 cm³/mol. The van der Waals surface area contributed by atoms with Gasteiger partial charge in [-0.1, -0.05) is 12.8 Å². The number of unbranched alkanes of at least 4 members (excludes halogenated alkanes) is 3. The zero-order chi connectivity index (χ0) is 10.3. The summed E-state index contributed by atoms with van der Waals surface area (Å²) in [7, 11) is -3.86. The summed E-state index contributed by atoms with van der Waals surface area (Å²) in [6.07, 6.45) is 2.11. The maximum absolute atomic E-state index is 10.2. The lowest BCUT2D eigenvalue weighted by Gasteiger charge is -1.97. The maximum Gasteiger partial charge on any atom is 0.355 e. The minimum absolute atomic E-state index is 0.00583. The van der Waals surface area contributed by atoms with Crippen LogP contribution in [-0.2, 0) is 20.0 Å². The van der Waals surface area contributed by atoms with Crippen LogP contribution in [0, 0.1) is 0 Å². The first kappa shape index (κ1) is 12.4. The third kappa shape index (κ3) is 11.4. The van der Waals surface area contributed by atoms with Gasteiger partial charge in [0.25, 0.3) is 10.1 Å². The van der Waals surface area contributed by atoms with Crippen LogP contribution in [0.25, 0.3) is 0 Å². The van der Waals surface area contributed by atoms with Crippen molar-refractivity contribution in [2.24, 2.45) is 0 Å². The quantitative estimate of drug-likeness (QED) is 0.495. The van der Waals surface area contributed by atoms with E-state index in [9.17, 15) is 18.3 Å². The zero-order valence-electron chi connectivity index (χ0n) is 7.23. The fourth-order valence-electron chi connectivity index (χ4n) is 0.907. The van der Waals surface area contributed by atoms with Gasteiger partial charge >= 0.3 is 5.97 Å². The fourth-order valence-corrected chi connectivity index (χ4v) is 1.48. The van der Waals surface area contributed by atoms with E-state index in [1.54, 1.807) is 0 Å². The van der Waals surface area contributed by atoms with Crippen LogP contribution in [0.5, 0.6) is 0 Å². The van der Waals surface area contributed by atoms with Gasteiger partial charge in [-0.2, -0.15) is 8.42 Å². The van der Waals surface area contributed by atoms with Crippen LogP contribution >= 0.6 is 0 Å². The van der Waals surface area contributed by atoms with Gasteiger partial charge in [-0.3, -0.25) is 4.55 Å². The SMILES string of the molecule is [O]C(=O)CCCCCCS(=O)(=O)O. The van der Waals surface area contributed by atoms with Crippen LogP contribution in [0.2, 0.25) is 0 Å². The highest BCUT2D eigenvalue weighted by Gasteiger charge is 2.03. The van der Waals surface area contributed by atoms with Crippen LogP contribution in [-0.4, -0.2) is 24.7 Å².